The smallest absolute Gasteiger partial charge is 0.126 e. The summed E-state index contributed by atoms with van der Waals surface area (Å²) in [6.45, 7) is 1.73. The quantitative estimate of drug-likeness (QED) is 0.858. The van der Waals surface area contributed by atoms with Crippen molar-refractivity contribution < 1.29 is 13.5 Å². The highest BCUT2D eigenvalue weighted by molar-refractivity contribution is 5.25. The minimum absolute atomic E-state index is 0.168. The Labute approximate surface area is 147 Å². The maximum Gasteiger partial charge on any atom is 0.126 e. The van der Waals surface area contributed by atoms with E-state index in [0.29, 0.717) is 12.0 Å². The van der Waals surface area contributed by atoms with Crippen molar-refractivity contribution in [1.29, 1.82) is 0 Å². The van der Waals surface area contributed by atoms with Crippen molar-refractivity contribution in [1.82, 2.24) is 5.32 Å². The predicted octanol–water partition coefficient (Wildman–Crippen LogP) is 4.58. The third-order valence-electron chi connectivity index (χ3n) is 5.51. The van der Waals surface area contributed by atoms with Gasteiger partial charge in [0, 0.05) is 31.2 Å². The molecule has 2 fully saturated rings. The van der Waals surface area contributed by atoms with E-state index in [1.807, 2.05) is 6.07 Å². The van der Waals surface area contributed by atoms with Gasteiger partial charge in [-0.25, -0.2) is 8.78 Å². The second kappa shape index (κ2) is 7.22. The van der Waals surface area contributed by atoms with E-state index in [9.17, 15) is 8.78 Å². The minimum atomic E-state index is -0.486. The number of rotatable bonds is 5. The van der Waals surface area contributed by atoms with Gasteiger partial charge in [0.2, 0.25) is 0 Å². The van der Waals surface area contributed by atoms with Gasteiger partial charge in [-0.15, -0.1) is 0 Å². The van der Waals surface area contributed by atoms with Gasteiger partial charge in [-0.2, -0.15) is 0 Å². The van der Waals surface area contributed by atoms with Gasteiger partial charge in [-0.1, -0.05) is 30.3 Å². The van der Waals surface area contributed by atoms with Crippen LogP contribution >= 0.6 is 0 Å². The van der Waals surface area contributed by atoms with Crippen LogP contribution in [-0.2, 0) is 4.74 Å². The van der Waals surface area contributed by atoms with Crippen LogP contribution < -0.4 is 5.32 Å². The first kappa shape index (κ1) is 16.7. The van der Waals surface area contributed by atoms with Crippen LogP contribution in [0, 0.1) is 17.6 Å². The minimum Gasteiger partial charge on any atom is -0.373 e. The summed E-state index contributed by atoms with van der Waals surface area (Å²) in [6, 6.07) is 14.7. The Kier molecular flexibility index (Phi) is 4.82. The Morgan fingerprint density at radius 1 is 0.960 bits per heavy atom. The molecule has 4 rings (SSSR count). The molecular weight excluding hydrogens is 320 g/mol. The largest absolute Gasteiger partial charge is 0.373 e. The second-order valence-electron chi connectivity index (χ2n) is 7.23. The molecule has 132 valence electrons. The number of benzene rings is 2. The molecule has 0 bridgehead atoms. The Balaban J connectivity index is 1.29. The van der Waals surface area contributed by atoms with E-state index < -0.39 is 11.6 Å². The third kappa shape index (κ3) is 3.75. The van der Waals surface area contributed by atoms with Crippen molar-refractivity contribution in [2.45, 2.75) is 37.3 Å². The molecule has 1 heterocycles. The van der Waals surface area contributed by atoms with Crippen molar-refractivity contribution in [2.75, 3.05) is 13.2 Å². The first-order valence-electron chi connectivity index (χ1n) is 9.05. The van der Waals surface area contributed by atoms with Crippen LogP contribution in [0.1, 0.15) is 42.4 Å². The monoisotopic (exact) mass is 343 g/mol. The highest BCUT2D eigenvalue weighted by Crippen LogP contribution is 2.39. The molecule has 0 radical (unpaired) electrons. The zero-order chi connectivity index (χ0) is 17.2. The zero-order valence-electron chi connectivity index (χ0n) is 14.1. The molecule has 1 aliphatic heterocycles. The molecule has 2 nitrogen and oxygen atoms in total. The van der Waals surface area contributed by atoms with Crippen molar-refractivity contribution in [3.63, 3.8) is 0 Å². The molecule has 1 N–H and O–H groups in total. The van der Waals surface area contributed by atoms with Crippen LogP contribution in [0.4, 0.5) is 8.78 Å². The molecule has 0 aromatic heterocycles. The zero-order valence-corrected chi connectivity index (χ0v) is 14.1. The molecule has 0 unspecified atom stereocenters. The van der Waals surface area contributed by atoms with Crippen LogP contribution in [0.25, 0.3) is 0 Å². The molecule has 2 aliphatic rings. The van der Waals surface area contributed by atoms with Gasteiger partial charge in [-0.3, -0.25) is 0 Å². The maximum absolute atomic E-state index is 13.3. The molecular formula is C21H23F2NO. The van der Waals surface area contributed by atoms with Crippen LogP contribution in [0.2, 0.25) is 0 Å². The summed E-state index contributed by atoms with van der Waals surface area (Å²) in [5.41, 5.74) is 2.02. The lowest BCUT2D eigenvalue weighted by Gasteiger charge is -2.37. The van der Waals surface area contributed by atoms with Crippen molar-refractivity contribution in [3.8, 4) is 0 Å². The maximum atomic E-state index is 13.3. The normalized spacial score (nSPS) is 28.7. The fraction of sp³-hybridized carbons (Fsp3) is 0.429. The predicted molar refractivity (Wildman–Crippen MR) is 93.4 cm³/mol. The second-order valence-corrected chi connectivity index (χ2v) is 7.23. The molecule has 0 spiro atoms. The first-order valence-corrected chi connectivity index (χ1v) is 9.05. The summed E-state index contributed by atoms with van der Waals surface area (Å²) in [7, 11) is 0. The van der Waals surface area contributed by atoms with Crippen molar-refractivity contribution in [3.05, 3.63) is 71.3 Å². The number of hydrogen-bond donors (Lipinski definition) is 1. The number of nitrogens with one attached hydrogen (secondary N) is 1. The average Bonchev–Trinajstić information content (AvgIpc) is 3.02. The fourth-order valence-electron chi connectivity index (χ4n) is 4.04. The van der Waals surface area contributed by atoms with E-state index in [4.69, 9.17) is 4.74 Å². The molecule has 1 aliphatic carbocycles. The third-order valence-corrected chi connectivity index (χ3v) is 5.51. The van der Waals surface area contributed by atoms with Crippen molar-refractivity contribution >= 4 is 0 Å². The number of ether oxygens (including phenoxy) is 1. The lowest BCUT2D eigenvalue weighted by molar-refractivity contribution is 0.0884. The van der Waals surface area contributed by atoms with Gasteiger partial charge in [0.15, 0.2) is 0 Å². The Hall–Kier alpha value is -1.78. The highest BCUT2D eigenvalue weighted by atomic mass is 19.1. The average molecular weight is 343 g/mol. The Bertz CT molecular complexity index is 695. The lowest BCUT2D eigenvalue weighted by atomic mass is 9.75. The molecule has 1 saturated carbocycles. The Morgan fingerprint density at radius 2 is 1.68 bits per heavy atom. The van der Waals surface area contributed by atoms with E-state index in [-0.39, 0.29) is 12.0 Å². The summed E-state index contributed by atoms with van der Waals surface area (Å²) in [6.07, 6.45) is 3.11. The van der Waals surface area contributed by atoms with Gasteiger partial charge in [0.1, 0.15) is 11.6 Å². The van der Waals surface area contributed by atoms with E-state index in [2.05, 4.69) is 29.6 Å². The van der Waals surface area contributed by atoms with Crippen molar-refractivity contribution in [2.24, 2.45) is 5.92 Å². The summed E-state index contributed by atoms with van der Waals surface area (Å²) in [4.78, 5) is 0. The summed E-state index contributed by atoms with van der Waals surface area (Å²) in [5.74, 6) is -0.235. The summed E-state index contributed by atoms with van der Waals surface area (Å²) >= 11 is 0. The highest BCUT2D eigenvalue weighted by Gasteiger charge is 2.34. The van der Waals surface area contributed by atoms with Crippen LogP contribution in [0.5, 0.6) is 0 Å². The Morgan fingerprint density at radius 3 is 2.40 bits per heavy atom. The molecule has 2 atom stereocenters. The molecule has 1 saturated heterocycles. The molecule has 2 aromatic carbocycles. The molecule has 2 aromatic rings. The summed E-state index contributed by atoms with van der Waals surface area (Å²) in [5, 5.41) is 3.62. The topological polar surface area (TPSA) is 21.3 Å². The summed E-state index contributed by atoms with van der Waals surface area (Å²) < 4.78 is 32.6. The van der Waals surface area contributed by atoms with E-state index in [1.54, 1.807) is 0 Å². The molecule has 4 heteroatoms. The van der Waals surface area contributed by atoms with Gasteiger partial charge in [-0.05, 0) is 48.4 Å². The number of hydrogen-bond acceptors (Lipinski definition) is 2. The lowest BCUT2D eigenvalue weighted by Crippen LogP contribution is -2.42. The van der Waals surface area contributed by atoms with Crippen LogP contribution in [-0.4, -0.2) is 19.2 Å². The van der Waals surface area contributed by atoms with E-state index in [1.165, 1.54) is 17.7 Å². The van der Waals surface area contributed by atoms with E-state index in [0.717, 1.165) is 44.0 Å². The van der Waals surface area contributed by atoms with Gasteiger partial charge < -0.3 is 10.1 Å². The SMILES string of the molecule is Fc1cc(F)cc(C2CC(NC[C@@H]3CCO[C@H]3c3ccccc3)C2)c1. The van der Waals surface area contributed by atoms with Crippen LogP contribution in [0.15, 0.2) is 48.5 Å². The van der Waals surface area contributed by atoms with Crippen LogP contribution in [0.3, 0.4) is 0 Å². The number of halogens is 2. The van der Waals surface area contributed by atoms with Gasteiger partial charge in [0.05, 0.1) is 6.10 Å². The first-order chi connectivity index (χ1) is 12.2. The fourth-order valence-corrected chi connectivity index (χ4v) is 4.04. The van der Waals surface area contributed by atoms with Gasteiger partial charge >= 0.3 is 0 Å². The van der Waals surface area contributed by atoms with E-state index >= 15 is 0 Å². The standard InChI is InChI=1S/C21H23F2NO/c22-18-8-16(9-19(23)12-18)17-10-20(11-17)24-13-15-6-7-25-21(15)14-4-2-1-3-5-14/h1-5,8-9,12,15,17,20-21,24H,6-7,10-11,13H2/t15-,17?,20?,21-/m0/s1. The molecule has 25 heavy (non-hydrogen) atoms. The molecule has 0 amide bonds. The van der Waals surface area contributed by atoms with Gasteiger partial charge in [0.25, 0.3) is 0 Å².